The first-order chi connectivity index (χ1) is 8.31. The van der Waals surface area contributed by atoms with Crippen LogP contribution in [0.2, 0.25) is 0 Å². The van der Waals surface area contributed by atoms with Gasteiger partial charge in [0.2, 0.25) is 0 Å². The van der Waals surface area contributed by atoms with E-state index < -0.39 is 0 Å². The lowest BCUT2D eigenvalue weighted by atomic mass is 9.99. The van der Waals surface area contributed by atoms with Gasteiger partial charge in [-0.25, -0.2) is 0 Å². The number of aromatic nitrogens is 1. The molecule has 0 amide bonds. The van der Waals surface area contributed by atoms with E-state index in [9.17, 15) is 5.11 Å². The highest BCUT2D eigenvalue weighted by Crippen LogP contribution is 2.23. The molecule has 0 aliphatic heterocycles. The summed E-state index contributed by atoms with van der Waals surface area (Å²) in [6, 6.07) is 6.10. The molecule has 2 aromatic heterocycles. The predicted molar refractivity (Wildman–Crippen MR) is 71.2 cm³/mol. The normalized spacial score (nSPS) is 12.6. The largest absolute Gasteiger partial charge is 0.388 e. The molecule has 0 saturated carbocycles. The average molecular weight is 247 g/mol. The zero-order valence-corrected chi connectivity index (χ0v) is 10.8. The van der Waals surface area contributed by atoms with Gasteiger partial charge in [0.15, 0.2) is 0 Å². The molecule has 3 heteroatoms. The second-order valence-corrected chi connectivity index (χ2v) is 5.09. The average Bonchev–Trinajstić information content (AvgIpc) is 2.89. The fourth-order valence-electron chi connectivity index (χ4n) is 1.95. The van der Waals surface area contributed by atoms with E-state index in [4.69, 9.17) is 0 Å². The Morgan fingerprint density at radius 2 is 2.29 bits per heavy atom. The van der Waals surface area contributed by atoms with Gasteiger partial charge in [-0.2, -0.15) is 0 Å². The fourth-order valence-corrected chi connectivity index (χ4v) is 2.67. The van der Waals surface area contributed by atoms with E-state index in [0.717, 1.165) is 30.4 Å². The van der Waals surface area contributed by atoms with Crippen LogP contribution in [0.15, 0.2) is 36.0 Å². The quantitative estimate of drug-likeness (QED) is 0.878. The summed E-state index contributed by atoms with van der Waals surface area (Å²) in [6.07, 6.45) is 5.85. The molecule has 90 valence electrons. The van der Waals surface area contributed by atoms with Crippen molar-refractivity contribution in [2.24, 2.45) is 0 Å². The Labute approximate surface area is 106 Å². The summed E-state index contributed by atoms with van der Waals surface area (Å²) in [4.78, 5) is 5.43. The van der Waals surface area contributed by atoms with E-state index in [1.165, 1.54) is 4.88 Å². The van der Waals surface area contributed by atoms with E-state index in [1.54, 1.807) is 17.5 Å². The van der Waals surface area contributed by atoms with Crippen LogP contribution in [0.1, 0.15) is 35.5 Å². The standard InChI is InChI=1S/C14H17NOS/c1-2-11-10-15-8-7-13(11)14(16)6-5-12-4-3-9-17-12/h3-4,7-10,14,16H,2,5-6H2,1H3. The maximum absolute atomic E-state index is 10.2. The van der Waals surface area contributed by atoms with Gasteiger partial charge in [-0.05, 0) is 47.9 Å². The lowest BCUT2D eigenvalue weighted by Crippen LogP contribution is -2.03. The van der Waals surface area contributed by atoms with Gasteiger partial charge in [-0.1, -0.05) is 13.0 Å². The first-order valence-corrected chi connectivity index (χ1v) is 6.82. The Bertz CT molecular complexity index is 453. The number of pyridine rings is 1. The molecule has 17 heavy (non-hydrogen) atoms. The first-order valence-electron chi connectivity index (χ1n) is 5.94. The highest BCUT2D eigenvalue weighted by atomic mass is 32.1. The molecule has 0 aliphatic rings. The van der Waals surface area contributed by atoms with Crippen LogP contribution in [-0.2, 0) is 12.8 Å². The zero-order valence-electron chi connectivity index (χ0n) is 9.97. The van der Waals surface area contributed by atoms with E-state index in [1.807, 2.05) is 12.3 Å². The molecule has 2 heterocycles. The van der Waals surface area contributed by atoms with Crippen molar-refractivity contribution in [1.82, 2.24) is 4.98 Å². The summed E-state index contributed by atoms with van der Waals surface area (Å²) in [5.41, 5.74) is 2.17. The number of aliphatic hydroxyl groups excluding tert-OH is 1. The topological polar surface area (TPSA) is 33.1 Å². The molecule has 1 unspecified atom stereocenters. The molecule has 1 atom stereocenters. The summed E-state index contributed by atoms with van der Waals surface area (Å²) < 4.78 is 0. The summed E-state index contributed by atoms with van der Waals surface area (Å²) in [6.45, 7) is 2.09. The van der Waals surface area contributed by atoms with Crippen LogP contribution < -0.4 is 0 Å². The number of rotatable bonds is 5. The summed E-state index contributed by atoms with van der Waals surface area (Å²) in [7, 11) is 0. The SMILES string of the molecule is CCc1cnccc1C(O)CCc1cccs1. The van der Waals surface area contributed by atoms with Crippen molar-refractivity contribution in [3.05, 3.63) is 52.0 Å². The molecular weight excluding hydrogens is 230 g/mol. The summed E-state index contributed by atoms with van der Waals surface area (Å²) >= 11 is 1.75. The van der Waals surface area contributed by atoms with Crippen LogP contribution in [0.3, 0.4) is 0 Å². The van der Waals surface area contributed by atoms with Gasteiger partial charge in [0.1, 0.15) is 0 Å². The molecule has 0 aromatic carbocycles. The Morgan fingerprint density at radius 1 is 1.41 bits per heavy atom. The van der Waals surface area contributed by atoms with Crippen LogP contribution in [-0.4, -0.2) is 10.1 Å². The molecule has 0 radical (unpaired) electrons. The van der Waals surface area contributed by atoms with Gasteiger partial charge >= 0.3 is 0 Å². The van der Waals surface area contributed by atoms with Crippen LogP contribution in [0.5, 0.6) is 0 Å². The third-order valence-electron chi connectivity index (χ3n) is 2.93. The monoisotopic (exact) mass is 247 g/mol. The minimum atomic E-state index is -0.380. The van der Waals surface area contributed by atoms with Crippen molar-refractivity contribution in [2.75, 3.05) is 0 Å². The van der Waals surface area contributed by atoms with Crippen LogP contribution in [0.4, 0.5) is 0 Å². The summed E-state index contributed by atoms with van der Waals surface area (Å²) in [5.74, 6) is 0. The van der Waals surface area contributed by atoms with E-state index in [0.29, 0.717) is 0 Å². The Hall–Kier alpha value is -1.19. The smallest absolute Gasteiger partial charge is 0.0797 e. The molecule has 0 fully saturated rings. The highest BCUT2D eigenvalue weighted by Gasteiger charge is 2.11. The van der Waals surface area contributed by atoms with E-state index in [2.05, 4.69) is 29.4 Å². The molecule has 1 N–H and O–H groups in total. The van der Waals surface area contributed by atoms with Crippen LogP contribution in [0.25, 0.3) is 0 Å². The number of nitrogens with zero attached hydrogens (tertiary/aromatic N) is 1. The van der Waals surface area contributed by atoms with Crippen LogP contribution >= 0.6 is 11.3 Å². The Morgan fingerprint density at radius 3 is 3.00 bits per heavy atom. The first kappa shape index (κ1) is 12.3. The van der Waals surface area contributed by atoms with E-state index in [-0.39, 0.29) is 6.10 Å². The molecule has 0 saturated heterocycles. The molecule has 0 spiro atoms. The van der Waals surface area contributed by atoms with Crippen LogP contribution in [0, 0.1) is 0 Å². The molecule has 0 aliphatic carbocycles. The number of hydrogen-bond donors (Lipinski definition) is 1. The van der Waals surface area contributed by atoms with Crippen molar-refractivity contribution in [3.63, 3.8) is 0 Å². The van der Waals surface area contributed by atoms with Gasteiger partial charge in [0.05, 0.1) is 6.10 Å². The fraction of sp³-hybridized carbons (Fsp3) is 0.357. The maximum atomic E-state index is 10.2. The van der Waals surface area contributed by atoms with Gasteiger partial charge in [0, 0.05) is 17.3 Å². The second-order valence-electron chi connectivity index (χ2n) is 4.06. The number of hydrogen-bond acceptors (Lipinski definition) is 3. The minimum absolute atomic E-state index is 0.380. The van der Waals surface area contributed by atoms with Gasteiger partial charge in [-0.3, -0.25) is 4.98 Å². The number of aryl methyl sites for hydroxylation is 2. The molecule has 2 aromatic rings. The number of aliphatic hydroxyl groups is 1. The zero-order chi connectivity index (χ0) is 12.1. The molecule has 2 nitrogen and oxygen atoms in total. The highest BCUT2D eigenvalue weighted by molar-refractivity contribution is 7.09. The van der Waals surface area contributed by atoms with E-state index >= 15 is 0 Å². The third-order valence-corrected chi connectivity index (χ3v) is 3.86. The molecule has 2 rings (SSSR count). The maximum Gasteiger partial charge on any atom is 0.0797 e. The van der Waals surface area contributed by atoms with Crippen molar-refractivity contribution < 1.29 is 5.11 Å². The third kappa shape index (κ3) is 3.14. The minimum Gasteiger partial charge on any atom is -0.388 e. The van der Waals surface area contributed by atoms with Crippen molar-refractivity contribution >= 4 is 11.3 Å². The predicted octanol–water partition coefficient (Wildman–Crippen LogP) is 3.37. The van der Waals surface area contributed by atoms with Gasteiger partial charge < -0.3 is 5.11 Å². The van der Waals surface area contributed by atoms with Crippen molar-refractivity contribution in [2.45, 2.75) is 32.3 Å². The summed E-state index contributed by atoms with van der Waals surface area (Å²) in [5, 5.41) is 12.3. The lowest BCUT2D eigenvalue weighted by Gasteiger charge is -2.13. The molecular formula is C14H17NOS. The Balaban J connectivity index is 2.01. The molecule has 0 bridgehead atoms. The number of thiophene rings is 1. The Kier molecular flexibility index (Phi) is 4.29. The van der Waals surface area contributed by atoms with Gasteiger partial charge in [-0.15, -0.1) is 11.3 Å². The van der Waals surface area contributed by atoms with Crippen molar-refractivity contribution in [1.29, 1.82) is 0 Å². The second kappa shape index (κ2) is 5.94. The van der Waals surface area contributed by atoms with Gasteiger partial charge in [0.25, 0.3) is 0 Å². The lowest BCUT2D eigenvalue weighted by molar-refractivity contribution is 0.167. The van der Waals surface area contributed by atoms with Crippen molar-refractivity contribution in [3.8, 4) is 0 Å².